The summed E-state index contributed by atoms with van der Waals surface area (Å²) in [6.07, 6.45) is 8.48. The van der Waals surface area contributed by atoms with Crippen LogP contribution in [0.2, 0.25) is 0 Å². The van der Waals surface area contributed by atoms with Crippen LogP contribution in [-0.4, -0.2) is 12.2 Å². The van der Waals surface area contributed by atoms with Gasteiger partial charge >= 0.3 is 0 Å². The van der Waals surface area contributed by atoms with Crippen molar-refractivity contribution in [1.82, 2.24) is 0 Å². The van der Waals surface area contributed by atoms with E-state index in [1.807, 2.05) is 18.2 Å². The fraction of sp³-hybridized carbons (Fsp3) is 0.625. The van der Waals surface area contributed by atoms with E-state index in [0.717, 1.165) is 34.5 Å². The van der Waals surface area contributed by atoms with Crippen molar-refractivity contribution in [2.45, 2.75) is 51.0 Å². The van der Waals surface area contributed by atoms with E-state index in [2.05, 4.69) is 15.9 Å². The molecule has 1 N–H and O–H groups in total. The minimum absolute atomic E-state index is 0.357. The van der Waals surface area contributed by atoms with Crippen LogP contribution < -0.4 is 4.74 Å². The summed E-state index contributed by atoms with van der Waals surface area (Å²) in [4.78, 5) is 0. The van der Waals surface area contributed by atoms with E-state index in [9.17, 15) is 5.11 Å². The van der Waals surface area contributed by atoms with E-state index < -0.39 is 0 Å². The largest absolute Gasteiger partial charge is 0.496 e. The van der Waals surface area contributed by atoms with Crippen molar-refractivity contribution in [3.63, 3.8) is 0 Å². The highest BCUT2D eigenvalue weighted by Crippen LogP contribution is 2.32. The molecule has 1 atom stereocenters. The molecule has 0 radical (unpaired) electrons. The third-order valence-electron chi connectivity index (χ3n) is 4.13. The lowest BCUT2D eigenvalue weighted by atomic mass is 9.85. The van der Waals surface area contributed by atoms with Gasteiger partial charge in [-0.15, -0.1) is 0 Å². The van der Waals surface area contributed by atoms with Crippen LogP contribution in [0.1, 0.15) is 56.6 Å². The highest BCUT2D eigenvalue weighted by Gasteiger charge is 2.16. The van der Waals surface area contributed by atoms with Gasteiger partial charge in [0.1, 0.15) is 5.75 Å². The summed E-state index contributed by atoms with van der Waals surface area (Å²) >= 11 is 3.47. The first kappa shape index (κ1) is 14.9. The predicted molar refractivity (Wildman–Crippen MR) is 81.5 cm³/mol. The van der Waals surface area contributed by atoms with E-state index in [-0.39, 0.29) is 6.10 Å². The van der Waals surface area contributed by atoms with Gasteiger partial charge < -0.3 is 9.84 Å². The lowest BCUT2D eigenvalue weighted by molar-refractivity contribution is 0.151. The quantitative estimate of drug-likeness (QED) is 0.837. The van der Waals surface area contributed by atoms with Gasteiger partial charge in [-0.2, -0.15) is 0 Å². The highest BCUT2D eigenvalue weighted by atomic mass is 79.9. The fourth-order valence-electron chi connectivity index (χ4n) is 2.93. The predicted octanol–water partition coefficient (Wildman–Crippen LogP) is 4.85. The van der Waals surface area contributed by atoms with Crippen molar-refractivity contribution in [3.8, 4) is 5.75 Å². The molecule has 0 aliphatic heterocycles. The summed E-state index contributed by atoms with van der Waals surface area (Å²) in [5.41, 5.74) is 0.975. The Hall–Kier alpha value is -0.540. The van der Waals surface area contributed by atoms with Gasteiger partial charge in [-0.3, -0.25) is 0 Å². The Morgan fingerprint density at radius 1 is 1.32 bits per heavy atom. The number of hydrogen-bond acceptors (Lipinski definition) is 2. The van der Waals surface area contributed by atoms with Crippen molar-refractivity contribution in [2.75, 3.05) is 7.11 Å². The smallest absolute Gasteiger partial charge is 0.133 e. The summed E-state index contributed by atoms with van der Waals surface area (Å²) in [5.74, 6) is 1.63. The third-order valence-corrected chi connectivity index (χ3v) is 4.75. The van der Waals surface area contributed by atoms with E-state index in [0.29, 0.717) is 0 Å². The zero-order chi connectivity index (χ0) is 13.7. The van der Waals surface area contributed by atoms with Crippen molar-refractivity contribution in [3.05, 3.63) is 28.2 Å². The number of hydrogen-bond donors (Lipinski definition) is 1. The van der Waals surface area contributed by atoms with Crippen LogP contribution in [0.4, 0.5) is 0 Å². The summed E-state index contributed by atoms with van der Waals surface area (Å²) in [6.45, 7) is 0. The molecule has 1 aromatic rings. The van der Waals surface area contributed by atoms with Gasteiger partial charge in [0, 0.05) is 0 Å². The molecule has 0 spiro atoms. The molecule has 0 saturated heterocycles. The molecule has 0 bridgehead atoms. The molecule has 1 saturated carbocycles. The molecule has 3 heteroatoms. The first-order valence-electron chi connectivity index (χ1n) is 7.22. The van der Waals surface area contributed by atoms with E-state index in [4.69, 9.17) is 4.74 Å². The van der Waals surface area contributed by atoms with Crippen LogP contribution in [0.5, 0.6) is 5.75 Å². The van der Waals surface area contributed by atoms with E-state index >= 15 is 0 Å². The monoisotopic (exact) mass is 326 g/mol. The van der Waals surface area contributed by atoms with Crippen molar-refractivity contribution in [2.24, 2.45) is 5.92 Å². The molecular weight excluding hydrogens is 304 g/mol. The molecule has 0 amide bonds. The minimum atomic E-state index is -0.357. The molecule has 1 unspecified atom stereocenters. The molecule has 19 heavy (non-hydrogen) atoms. The average molecular weight is 327 g/mol. The zero-order valence-electron chi connectivity index (χ0n) is 11.6. The maximum atomic E-state index is 10.3. The lowest BCUT2D eigenvalue weighted by Gasteiger charge is -2.22. The maximum absolute atomic E-state index is 10.3. The van der Waals surface area contributed by atoms with Gasteiger partial charge in [-0.25, -0.2) is 0 Å². The SMILES string of the molecule is COc1ccc(C(O)CCC2CCCCC2)cc1Br. The number of halogens is 1. The third kappa shape index (κ3) is 4.22. The number of ether oxygens (including phenoxy) is 1. The zero-order valence-corrected chi connectivity index (χ0v) is 13.2. The second-order valence-electron chi connectivity index (χ2n) is 5.49. The molecule has 1 aliphatic carbocycles. The van der Waals surface area contributed by atoms with Gasteiger partial charge in [0.2, 0.25) is 0 Å². The minimum Gasteiger partial charge on any atom is -0.496 e. The molecule has 2 rings (SSSR count). The number of rotatable bonds is 5. The van der Waals surface area contributed by atoms with Gasteiger partial charge in [0.25, 0.3) is 0 Å². The van der Waals surface area contributed by atoms with Crippen LogP contribution in [0.3, 0.4) is 0 Å². The van der Waals surface area contributed by atoms with Gasteiger partial charge in [0.05, 0.1) is 17.7 Å². The van der Waals surface area contributed by atoms with Crippen LogP contribution in [0.25, 0.3) is 0 Å². The van der Waals surface area contributed by atoms with E-state index in [1.54, 1.807) is 7.11 Å². The summed E-state index contributed by atoms with van der Waals surface area (Å²) in [7, 11) is 1.65. The lowest BCUT2D eigenvalue weighted by Crippen LogP contribution is -2.08. The first-order valence-corrected chi connectivity index (χ1v) is 8.01. The maximum Gasteiger partial charge on any atom is 0.133 e. The van der Waals surface area contributed by atoms with Crippen LogP contribution in [0.15, 0.2) is 22.7 Å². The number of methoxy groups -OCH3 is 1. The average Bonchev–Trinajstić information content (AvgIpc) is 2.45. The van der Waals surface area contributed by atoms with Crippen LogP contribution in [0, 0.1) is 5.92 Å². The molecule has 1 aromatic carbocycles. The second kappa shape index (κ2) is 7.30. The highest BCUT2D eigenvalue weighted by molar-refractivity contribution is 9.10. The molecule has 1 fully saturated rings. The molecule has 106 valence electrons. The Kier molecular flexibility index (Phi) is 5.71. The Labute approximate surface area is 124 Å². The Morgan fingerprint density at radius 2 is 2.05 bits per heavy atom. The topological polar surface area (TPSA) is 29.5 Å². The van der Waals surface area contributed by atoms with Crippen LogP contribution >= 0.6 is 15.9 Å². The summed E-state index contributed by atoms with van der Waals surface area (Å²) < 4.78 is 6.11. The number of benzene rings is 1. The van der Waals surface area contributed by atoms with Crippen LogP contribution in [-0.2, 0) is 0 Å². The fourth-order valence-corrected chi connectivity index (χ4v) is 3.48. The standard InChI is InChI=1S/C16H23BrO2/c1-19-16-10-8-13(11-14(16)17)15(18)9-7-12-5-3-2-4-6-12/h8,10-12,15,18H,2-7,9H2,1H3. The molecule has 0 aromatic heterocycles. The Balaban J connectivity index is 1.88. The Morgan fingerprint density at radius 3 is 2.68 bits per heavy atom. The van der Waals surface area contributed by atoms with Gasteiger partial charge in [-0.05, 0) is 52.4 Å². The number of aliphatic hydroxyl groups is 1. The Bertz CT molecular complexity index is 400. The van der Waals surface area contributed by atoms with Gasteiger partial charge in [0.15, 0.2) is 0 Å². The first-order chi connectivity index (χ1) is 9.20. The summed E-state index contributed by atoms with van der Waals surface area (Å²) in [5, 5.41) is 10.3. The molecular formula is C16H23BrO2. The molecule has 0 heterocycles. The van der Waals surface area contributed by atoms with Crippen molar-refractivity contribution < 1.29 is 9.84 Å². The second-order valence-corrected chi connectivity index (χ2v) is 6.35. The van der Waals surface area contributed by atoms with E-state index in [1.165, 1.54) is 32.1 Å². The summed E-state index contributed by atoms with van der Waals surface area (Å²) in [6, 6.07) is 5.82. The molecule has 2 nitrogen and oxygen atoms in total. The number of aliphatic hydroxyl groups excluding tert-OH is 1. The molecule has 1 aliphatic rings. The normalized spacial score (nSPS) is 18.3. The van der Waals surface area contributed by atoms with Gasteiger partial charge in [-0.1, -0.05) is 38.2 Å². The van der Waals surface area contributed by atoms with Crippen molar-refractivity contribution in [1.29, 1.82) is 0 Å². The van der Waals surface area contributed by atoms with Crippen molar-refractivity contribution >= 4 is 15.9 Å².